The minimum Gasteiger partial charge on any atom is -0.508 e. The molecule has 0 aromatic heterocycles. The van der Waals surface area contributed by atoms with Crippen LogP contribution in [-0.4, -0.2) is 10.2 Å². The topological polar surface area (TPSA) is 40.5 Å². The molecule has 4 aromatic rings. The van der Waals surface area contributed by atoms with Gasteiger partial charge in [-0.2, -0.15) is 0 Å². The molecule has 4 aromatic carbocycles. The van der Waals surface area contributed by atoms with Gasteiger partial charge in [0.15, 0.2) is 0 Å². The Kier molecular flexibility index (Phi) is 4.30. The minimum atomic E-state index is -0.548. The Morgan fingerprint density at radius 1 is 0.517 bits per heavy atom. The molecule has 0 atom stereocenters. The molecular formula is C25H16Br2O2. The van der Waals surface area contributed by atoms with Gasteiger partial charge in [0, 0.05) is 8.95 Å². The molecule has 0 bridgehead atoms. The number of benzene rings is 4. The van der Waals surface area contributed by atoms with Crippen molar-refractivity contribution in [1.29, 1.82) is 0 Å². The summed E-state index contributed by atoms with van der Waals surface area (Å²) in [5, 5.41) is 19.8. The first-order valence-corrected chi connectivity index (χ1v) is 10.8. The van der Waals surface area contributed by atoms with E-state index in [0.29, 0.717) is 0 Å². The van der Waals surface area contributed by atoms with Gasteiger partial charge in [0.25, 0.3) is 0 Å². The Hall–Kier alpha value is -2.56. The number of phenolic OH excluding ortho intramolecular Hbond substituents is 2. The summed E-state index contributed by atoms with van der Waals surface area (Å²) >= 11 is 7.25. The van der Waals surface area contributed by atoms with Crippen molar-refractivity contribution in [3.05, 3.63) is 116 Å². The molecule has 142 valence electrons. The summed E-state index contributed by atoms with van der Waals surface area (Å²) in [6.07, 6.45) is 0. The van der Waals surface area contributed by atoms with Crippen molar-refractivity contribution in [1.82, 2.24) is 0 Å². The van der Waals surface area contributed by atoms with Gasteiger partial charge in [0.2, 0.25) is 0 Å². The molecule has 29 heavy (non-hydrogen) atoms. The van der Waals surface area contributed by atoms with Gasteiger partial charge in [0.05, 0.1) is 5.41 Å². The van der Waals surface area contributed by atoms with Crippen molar-refractivity contribution in [3.8, 4) is 22.6 Å². The van der Waals surface area contributed by atoms with Gasteiger partial charge in [-0.25, -0.2) is 0 Å². The summed E-state index contributed by atoms with van der Waals surface area (Å²) < 4.78 is 2.05. The van der Waals surface area contributed by atoms with Crippen LogP contribution in [0.2, 0.25) is 0 Å². The van der Waals surface area contributed by atoms with Crippen molar-refractivity contribution in [2.45, 2.75) is 5.41 Å². The van der Waals surface area contributed by atoms with Crippen LogP contribution in [0.5, 0.6) is 11.5 Å². The van der Waals surface area contributed by atoms with E-state index in [-0.39, 0.29) is 11.5 Å². The van der Waals surface area contributed by atoms with E-state index in [1.54, 1.807) is 24.3 Å². The highest BCUT2D eigenvalue weighted by Gasteiger charge is 2.46. The molecule has 2 N–H and O–H groups in total. The monoisotopic (exact) mass is 506 g/mol. The number of fused-ring (bicyclic) bond motifs is 3. The van der Waals surface area contributed by atoms with E-state index in [1.807, 2.05) is 24.3 Å². The van der Waals surface area contributed by atoms with Gasteiger partial charge in [-0.1, -0.05) is 68.3 Å². The van der Waals surface area contributed by atoms with Crippen LogP contribution in [0.15, 0.2) is 93.9 Å². The highest BCUT2D eigenvalue weighted by Crippen LogP contribution is 2.57. The molecule has 0 radical (unpaired) electrons. The normalized spacial score (nSPS) is 13.7. The Labute approximate surface area is 185 Å². The predicted octanol–water partition coefficient (Wildman–Crippen LogP) is 6.99. The van der Waals surface area contributed by atoms with Gasteiger partial charge in [-0.15, -0.1) is 0 Å². The lowest BCUT2D eigenvalue weighted by Crippen LogP contribution is -2.28. The maximum atomic E-state index is 9.91. The first kappa shape index (κ1) is 18.5. The van der Waals surface area contributed by atoms with Crippen LogP contribution in [0.1, 0.15) is 22.3 Å². The molecule has 5 rings (SSSR count). The first-order chi connectivity index (χ1) is 14.0. The van der Waals surface area contributed by atoms with Crippen LogP contribution in [0.3, 0.4) is 0 Å². The lowest BCUT2D eigenvalue weighted by atomic mass is 9.68. The minimum absolute atomic E-state index is 0.236. The largest absolute Gasteiger partial charge is 0.508 e. The average molecular weight is 508 g/mol. The molecule has 0 spiro atoms. The van der Waals surface area contributed by atoms with Crippen LogP contribution in [0.4, 0.5) is 0 Å². The molecule has 1 aliphatic rings. The molecule has 2 nitrogen and oxygen atoms in total. The van der Waals surface area contributed by atoms with E-state index in [2.05, 4.69) is 68.3 Å². The lowest BCUT2D eigenvalue weighted by molar-refractivity contribution is 0.475. The third kappa shape index (κ3) is 2.74. The number of halogens is 2. The average Bonchev–Trinajstić information content (AvgIpc) is 2.99. The third-order valence-electron chi connectivity index (χ3n) is 5.66. The van der Waals surface area contributed by atoms with Gasteiger partial charge < -0.3 is 10.2 Å². The van der Waals surface area contributed by atoms with Crippen molar-refractivity contribution in [3.63, 3.8) is 0 Å². The first-order valence-electron chi connectivity index (χ1n) is 9.19. The molecular weight excluding hydrogens is 492 g/mol. The summed E-state index contributed by atoms with van der Waals surface area (Å²) in [5.41, 5.74) is 6.24. The summed E-state index contributed by atoms with van der Waals surface area (Å²) in [7, 11) is 0. The molecule has 0 unspecified atom stereocenters. The van der Waals surface area contributed by atoms with Gasteiger partial charge in [0.1, 0.15) is 11.5 Å². The summed E-state index contributed by atoms with van der Waals surface area (Å²) in [6.45, 7) is 0. The molecule has 0 fully saturated rings. The van der Waals surface area contributed by atoms with E-state index in [4.69, 9.17) is 0 Å². The zero-order valence-electron chi connectivity index (χ0n) is 15.2. The van der Waals surface area contributed by atoms with Gasteiger partial charge in [-0.05, 0) is 81.9 Å². The zero-order valence-corrected chi connectivity index (χ0v) is 18.4. The number of aromatic hydroxyl groups is 2. The van der Waals surface area contributed by atoms with Crippen LogP contribution >= 0.6 is 31.9 Å². The van der Waals surface area contributed by atoms with E-state index in [9.17, 15) is 10.2 Å². The Morgan fingerprint density at radius 3 is 1.28 bits per heavy atom. The SMILES string of the molecule is Oc1ccc(C2(c3ccc(O)cc3)c3ccc(Br)cc3-c3cc(Br)ccc32)cc1. The maximum absolute atomic E-state index is 9.91. The predicted molar refractivity (Wildman–Crippen MR) is 122 cm³/mol. The Bertz CT molecular complexity index is 1130. The van der Waals surface area contributed by atoms with Gasteiger partial charge in [-0.3, -0.25) is 0 Å². The highest BCUT2D eigenvalue weighted by atomic mass is 79.9. The maximum Gasteiger partial charge on any atom is 0.115 e. The van der Waals surface area contributed by atoms with E-state index in [0.717, 1.165) is 31.2 Å². The summed E-state index contributed by atoms with van der Waals surface area (Å²) in [5.74, 6) is 0.472. The molecule has 0 aliphatic heterocycles. The van der Waals surface area contributed by atoms with Crippen molar-refractivity contribution >= 4 is 31.9 Å². The Balaban J connectivity index is 1.95. The second-order valence-corrected chi connectivity index (χ2v) is 9.05. The van der Waals surface area contributed by atoms with E-state index >= 15 is 0 Å². The molecule has 0 saturated carbocycles. The second kappa shape index (κ2) is 6.75. The van der Waals surface area contributed by atoms with E-state index < -0.39 is 5.41 Å². The van der Waals surface area contributed by atoms with Crippen molar-refractivity contribution in [2.75, 3.05) is 0 Å². The fraction of sp³-hybridized carbons (Fsp3) is 0.0400. The second-order valence-electron chi connectivity index (χ2n) is 7.22. The molecule has 0 heterocycles. The Morgan fingerprint density at radius 2 is 0.897 bits per heavy atom. The molecule has 4 heteroatoms. The smallest absolute Gasteiger partial charge is 0.115 e. The van der Waals surface area contributed by atoms with Crippen molar-refractivity contribution < 1.29 is 10.2 Å². The third-order valence-corrected chi connectivity index (χ3v) is 6.65. The fourth-order valence-electron chi connectivity index (χ4n) is 4.49. The van der Waals surface area contributed by atoms with Crippen molar-refractivity contribution in [2.24, 2.45) is 0 Å². The van der Waals surface area contributed by atoms with Crippen LogP contribution in [-0.2, 0) is 5.41 Å². The highest BCUT2D eigenvalue weighted by molar-refractivity contribution is 9.10. The van der Waals surface area contributed by atoms with Gasteiger partial charge >= 0.3 is 0 Å². The molecule has 0 saturated heterocycles. The molecule has 0 amide bonds. The standard InChI is InChI=1S/C25H16Br2O2/c26-17-5-11-23-21(13-17)22-14-18(27)6-12-24(22)25(23,15-1-7-19(28)8-2-15)16-3-9-20(29)10-4-16/h1-14,28-29H. The molecule has 1 aliphatic carbocycles. The summed E-state index contributed by atoms with van der Waals surface area (Å²) in [4.78, 5) is 0. The number of hydrogen-bond donors (Lipinski definition) is 2. The number of hydrogen-bond acceptors (Lipinski definition) is 2. The quantitative estimate of drug-likeness (QED) is 0.270. The van der Waals surface area contributed by atoms with Crippen LogP contribution in [0.25, 0.3) is 11.1 Å². The van der Waals surface area contributed by atoms with E-state index in [1.165, 1.54) is 11.1 Å². The van der Waals surface area contributed by atoms with Crippen LogP contribution < -0.4 is 0 Å². The summed E-state index contributed by atoms with van der Waals surface area (Å²) in [6, 6.07) is 27.6. The number of phenols is 2. The number of rotatable bonds is 2. The zero-order chi connectivity index (χ0) is 20.2. The fourth-order valence-corrected chi connectivity index (χ4v) is 5.21. The lowest BCUT2D eigenvalue weighted by Gasteiger charge is -2.34. The van der Waals surface area contributed by atoms with Crippen LogP contribution in [0, 0.1) is 0 Å².